The molecule has 0 amide bonds. The zero-order valence-corrected chi connectivity index (χ0v) is 13.9. The maximum atomic E-state index is 13.7. The SMILES string of the molecule is CCCCOc1ccc(C2=NC(=Cc3ccccc3F)C(=O)O2)cc1. The molecule has 0 N–H and O–H groups in total. The van der Waals surface area contributed by atoms with Gasteiger partial charge in [0, 0.05) is 11.1 Å². The van der Waals surface area contributed by atoms with Crippen LogP contribution in [0.25, 0.3) is 6.08 Å². The summed E-state index contributed by atoms with van der Waals surface area (Å²) >= 11 is 0. The molecule has 0 bridgehead atoms. The Morgan fingerprint density at radius 3 is 2.64 bits per heavy atom. The van der Waals surface area contributed by atoms with Crippen LogP contribution in [0.3, 0.4) is 0 Å². The average Bonchev–Trinajstić information content (AvgIpc) is 2.98. The Balaban J connectivity index is 1.77. The Morgan fingerprint density at radius 1 is 1.16 bits per heavy atom. The van der Waals surface area contributed by atoms with Crippen molar-refractivity contribution < 1.29 is 18.7 Å². The first-order valence-corrected chi connectivity index (χ1v) is 8.17. The molecule has 2 aromatic rings. The number of halogens is 1. The van der Waals surface area contributed by atoms with Crippen molar-refractivity contribution in [2.45, 2.75) is 19.8 Å². The van der Waals surface area contributed by atoms with E-state index in [1.807, 2.05) is 0 Å². The van der Waals surface area contributed by atoms with Crippen LogP contribution in [-0.4, -0.2) is 18.5 Å². The summed E-state index contributed by atoms with van der Waals surface area (Å²) in [7, 11) is 0. The molecule has 0 atom stereocenters. The Morgan fingerprint density at radius 2 is 1.92 bits per heavy atom. The Bertz CT molecular complexity index is 825. The number of cyclic esters (lactones) is 1. The van der Waals surface area contributed by atoms with Crippen molar-refractivity contribution in [3.63, 3.8) is 0 Å². The number of carbonyl (C=O) groups is 1. The zero-order valence-electron chi connectivity index (χ0n) is 13.9. The van der Waals surface area contributed by atoms with Crippen molar-refractivity contribution in [1.29, 1.82) is 0 Å². The molecule has 0 radical (unpaired) electrons. The normalized spacial score (nSPS) is 15.2. The van der Waals surface area contributed by atoms with E-state index < -0.39 is 11.8 Å². The third-order valence-corrected chi connectivity index (χ3v) is 3.69. The lowest BCUT2D eigenvalue weighted by molar-refractivity contribution is -0.129. The van der Waals surface area contributed by atoms with Crippen molar-refractivity contribution in [2.24, 2.45) is 4.99 Å². The number of nitrogens with zero attached hydrogens (tertiary/aromatic N) is 1. The lowest BCUT2D eigenvalue weighted by Gasteiger charge is -2.05. The second-order valence-corrected chi connectivity index (χ2v) is 5.58. The minimum Gasteiger partial charge on any atom is -0.494 e. The number of rotatable bonds is 6. The van der Waals surface area contributed by atoms with Gasteiger partial charge in [-0.15, -0.1) is 0 Å². The van der Waals surface area contributed by atoms with E-state index in [2.05, 4.69) is 11.9 Å². The number of hydrogen-bond donors (Lipinski definition) is 0. The van der Waals surface area contributed by atoms with Crippen LogP contribution < -0.4 is 4.74 Å². The molecule has 25 heavy (non-hydrogen) atoms. The van der Waals surface area contributed by atoms with E-state index in [0.717, 1.165) is 18.6 Å². The lowest BCUT2D eigenvalue weighted by Crippen LogP contribution is -2.05. The molecule has 0 saturated heterocycles. The second-order valence-electron chi connectivity index (χ2n) is 5.58. The lowest BCUT2D eigenvalue weighted by atomic mass is 10.2. The summed E-state index contributed by atoms with van der Waals surface area (Å²) in [6.07, 6.45) is 3.45. The molecule has 1 aliphatic rings. The van der Waals surface area contributed by atoms with Gasteiger partial charge in [0.25, 0.3) is 0 Å². The molecule has 0 unspecified atom stereocenters. The van der Waals surface area contributed by atoms with Gasteiger partial charge in [-0.05, 0) is 42.8 Å². The van der Waals surface area contributed by atoms with E-state index in [1.54, 1.807) is 42.5 Å². The van der Waals surface area contributed by atoms with Gasteiger partial charge < -0.3 is 9.47 Å². The van der Waals surface area contributed by atoms with Crippen LogP contribution in [0.15, 0.2) is 59.2 Å². The Labute approximate surface area is 145 Å². The molecule has 0 saturated carbocycles. The molecule has 1 heterocycles. The van der Waals surface area contributed by atoms with Gasteiger partial charge in [-0.1, -0.05) is 31.5 Å². The number of carbonyl (C=O) groups excluding carboxylic acids is 1. The third-order valence-electron chi connectivity index (χ3n) is 3.69. The Kier molecular flexibility index (Phi) is 5.23. The van der Waals surface area contributed by atoms with Crippen LogP contribution in [0, 0.1) is 5.82 Å². The number of hydrogen-bond acceptors (Lipinski definition) is 4. The standard InChI is InChI=1S/C20H18FNO3/c1-2-3-12-24-16-10-8-14(9-11-16)19-22-18(20(23)25-19)13-15-6-4-5-7-17(15)21/h4-11,13H,2-3,12H2,1H3. The molecule has 1 aliphatic heterocycles. The molecule has 5 heteroatoms. The molecular formula is C20H18FNO3. The van der Waals surface area contributed by atoms with E-state index in [9.17, 15) is 9.18 Å². The van der Waals surface area contributed by atoms with E-state index in [1.165, 1.54) is 12.1 Å². The number of aliphatic imine (C=N–C) groups is 1. The first kappa shape index (κ1) is 16.9. The fraction of sp³-hybridized carbons (Fsp3) is 0.200. The van der Waals surface area contributed by atoms with Crippen LogP contribution in [0.5, 0.6) is 5.75 Å². The number of esters is 1. The smallest absolute Gasteiger partial charge is 0.363 e. The highest BCUT2D eigenvalue weighted by Crippen LogP contribution is 2.21. The van der Waals surface area contributed by atoms with E-state index in [0.29, 0.717) is 17.7 Å². The topological polar surface area (TPSA) is 47.9 Å². The van der Waals surface area contributed by atoms with Crippen molar-refractivity contribution in [3.8, 4) is 5.75 Å². The predicted octanol–water partition coefficient (Wildman–Crippen LogP) is 4.35. The predicted molar refractivity (Wildman–Crippen MR) is 93.9 cm³/mol. The first-order valence-electron chi connectivity index (χ1n) is 8.17. The molecule has 4 nitrogen and oxygen atoms in total. The summed E-state index contributed by atoms with van der Waals surface area (Å²) in [6, 6.07) is 13.3. The van der Waals surface area contributed by atoms with Crippen LogP contribution in [0.2, 0.25) is 0 Å². The molecule has 0 aliphatic carbocycles. The zero-order chi connectivity index (χ0) is 17.6. The van der Waals surface area contributed by atoms with E-state index in [4.69, 9.17) is 9.47 Å². The number of benzene rings is 2. The van der Waals surface area contributed by atoms with Crippen LogP contribution in [0.4, 0.5) is 4.39 Å². The summed E-state index contributed by atoms with van der Waals surface area (Å²) < 4.78 is 24.5. The van der Waals surface area contributed by atoms with Gasteiger partial charge in [0.2, 0.25) is 5.90 Å². The third kappa shape index (κ3) is 4.12. The van der Waals surface area contributed by atoms with Gasteiger partial charge in [0.1, 0.15) is 11.6 Å². The number of unbranched alkanes of at least 4 members (excludes halogenated alkanes) is 1. The summed E-state index contributed by atoms with van der Waals surface area (Å²) in [5.41, 5.74) is 1.02. The fourth-order valence-electron chi connectivity index (χ4n) is 2.30. The van der Waals surface area contributed by atoms with Gasteiger partial charge in [-0.3, -0.25) is 0 Å². The molecule has 0 spiro atoms. The van der Waals surface area contributed by atoms with Crippen LogP contribution in [-0.2, 0) is 9.53 Å². The monoisotopic (exact) mass is 339 g/mol. The van der Waals surface area contributed by atoms with E-state index >= 15 is 0 Å². The van der Waals surface area contributed by atoms with Gasteiger partial charge in [0.05, 0.1) is 6.61 Å². The quantitative estimate of drug-likeness (QED) is 0.447. The molecule has 2 aromatic carbocycles. The van der Waals surface area contributed by atoms with Gasteiger partial charge in [0.15, 0.2) is 5.70 Å². The summed E-state index contributed by atoms with van der Waals surface area (Å²) in [6.45, 7) is 2.77. The van der Waals surface area contributed by atoms with Crippen LogP contribution in [0.1, 0.15) is 30.9 Å². The highest BCUT2D eigenvalue weighted by Gasteiger charge is 2.24. The van der Waals surface area contributed by atoms with Gasteiger partial charge in [-0.2, -0.15) is 0 Å². The highest BCUT2D eigenvalue weighted by molar-refractivity contribution is 6.12. The maximum absolute atomic E-state index is 13.7. The summed E-state index contributed by atoms with van der Waals surface area (Å²) in [5, 5.41) is 0. The molecule has 0 aromatic heterocycles. The average molecular weight is 339 g/mol. The molecular weight excluding hydrogens is 321 g/mol. The van der Waals surface area contributed by atoms with Crippen LogP contribution >= 0.6 is 0 Å². The first-order chi connectivity index (χ1) is 12.2. The molecule has 0 fully saturated rings. The maximum Gasteiger partial charge on any atom is 0.363 e. The second kappa shape index (κ2) is 7.75. The summed E-state index contributed by atoms with van der Waals surface area (Å²) in [4.78, 5) is 16.1. The highest BCUT2D eigenvalue weighted by atomic mass is 19.1. The fourth-order valence-corrected chi connectivity index (χ4v) is 2.30. The van der Waals surface area contributed by atoms with Crippen molar-refractivity contribution in [3.05, 3.63) is 71.2 Å². The number of ether oxygens (including phenoxy) is 2. The molecule has 128 valence electrons. The van der Waals surface area contributed by atoms with Crippen molar-refractivity contribution in [2.75, 3.05) is 6.61 Å². The summed E-state index contributed by atoms with van der Waals surface area (Å²) in [5.74, 6) is -0.0569. The minimum atomic E-state index is -0.596. The molecule has 3 rings (SSSR count). The van der Waals surface area contributed by atoms with Gasteiger partial charge >= 0.3 is 5.97 Å². The largest absolute Gasteiger partial charge is 0.494 e. The van der Waals surface area contributed by atoms with E-state index in [-0.39, 0.29) is 11.6 Å². The Hall–Kier alpha value is -2.95. The van der Waals surface area contributed by atoms with Gasteiger partial charge in [-0.25, -0.2) is 14.2 Å². The van der Waals surface area contributed by atoms with Crippen molar-refractivity contribution in [1.82, 2.24) is 0 Å². The van der Waals surface area contributed by atoms with Crippen molar-refractivity contribution >= 4 is 17.9 Å². The minimum absolute atomic E-state index is 0.0726.